The van der Waals surface area contributed by atoms with Crippen LogP contribution in [0.25, 0.3) is 11.4 Å². The van der Waals surface area contributed by atoms with Gasteiger partial charge in [0.15, 0.2) is 0 Å². The first-order valence-corrected chi connectivity index (χ1v) is 11.0. The number of carbonyl (C=O) groups is 2. The van der Waals surface area contributed by atoms with Gasteiger partial charge < -0.3 is 15.2 Å². The van der Waals surface area contributed by atoms with E-state index in [1.54, 1.807) is 4.68 Å². The Morgan fingerprint density at radius 3 is 2.34 bits per heavy atom. The maximum atomic E-state index is 12.3. The van der Waals surface area contributed by atoms with Crippen LogP contribution in [-0.4, -0.2) is 44.8 Å². The Balaban J connectivity index is 1.47. The summed E-state index contributed by atoms with van der Waals surface area (Å²) >= 11 is 3.44. The summed E-state index contributed by atoms with van der Waals surface area (Å²) in [6.45, 7) is 10.8. The molecule has 0 aliphatic heterocycles. The van der Waals surface area contributed by atoms with Crippen molar-refractivity contribution in [3.8, 4) is 11.4 Å². The number of hydrogen-bond acceptors (Lipinski definition) is 6. The van der Waals surface area contributed by atoms with Crippen LogP contribution in [0, 0.1) is 13.8 Å². The largest absolute Gasteiger partial charge is 0.353 e. The Morgan fingerprint density at radius 2 is 1.75 bits per heavy atom. The average molecular weight is 503 g/mol. The molecule has 1 aromatic carbocycles. The van der Waals surface area contributed by atoms with Gasteiger partial charge in [-0.2, -0.15) is 10.1 Å². The van der Waals surface area contributed by atoms with E-state index in [9.17, 15) is 9.59 Å². The third kappa shape index (κ3) is 5.61. The van der Waals surface area contributed by atoms with Gasteiger partial charge in [-0.25, -0.2) is 0 Å². The second-order valence-corrected chi connectivity index (χ2v) is 9.29. The molecule has 0 atom stereocenters. The number of hydrogen-bond donors (Lipinski definition) is 2. The standard InChI is InChI=1S/C22H27BrN6O3/c1-13-18(23)14(2)29(27-13)12-17(30)24-10-11-25-20(31)21-26-19(28-32-21)15-6-8-16(9-7-15)22(3,4)5/h6-9H,10-12H2,1-5H3,(H,24,30)(H,25,31). The monoisotopic (exact) mass is 502 g/mol. The fraction of sp³-hybridized carbons (Fsp3) is 0.409. The van der Waals surface area contributed by atoms with Crippen molar-refractivity contribution in [1.82, 2.24) is 30.6 Å². The van der Waals surface area contributed by atoms with Crippen LogP contribution in [0.3, 0.4) is 0 Å². The zero-order valence-electron chi connectivity index (χ0n) is 18.8. The summed E-state index contributed by atoms with van der Waals surface area (Å²) in [7, 11) is 0. The van der Waals surface area contributed by atoms with E-state index in [4.69, 9.17) is 4.52 Å². The molecule has 9 nitrogen and oxygen atoms in total. The first-order chi connectivity index (χ1) is 15.1. The Hall–Kier alpha value is -3.01. The predicted molar refractivity (Wildman–Crippen MR) is 123 cm³/mol. The maximum absolute atomic E-state index is 12.3. The molecule has 0 spiro atoms. The summed E-state index contributed by atoms with van der Waals surface area (Å²) in [5.41, 5.74) is 3.71. The molecular weight excluding hydrogens is 476 g/mol. The van der Waals surface area contributed by atoms with Gasteiger partial charge in [0, 0.05) is 18.7 Å². The number of aromatic nitrogens is 4. The molecule has 170 valence electrons. The molecule has 10 heteroatoms. The van der Waals surface area contributed by atoms with Crippen molar-refractivity contribution in [2.45, 2.75) is 46.6 Å². The first-order valence-electron chi connectivity index (χ1n) is 10.3. The van der Waals surface area contributed by atoms with E-state index in [0.717, 1.165) is 21.4 Å². The number of amides is 2. The smallest absolute Gasteiger partial charge is 0.316 e. The molecule has 0 fully saturated rings. The molecule has 3 aromatic rings. The molecule has 0 saturated heterocycles. The van der Waals surface area contributed by atoms with E-state index in [1.165, 1.54) is 5.56 Å². The SMILES string of the molecule is Cc1nn(CC(=O)NCCNC(=O)c2nc(-c3ccc(C(C)(C)C)cc3)no2)c(C)c1Br. The highest BCUT2D eigenvalue weighted by atomic mass is 79.9. The molecule has 0 aliphatic carbocycles. The normalized spacial score (nSPS) is 11.4. The van der Waals surface area contributed by atoms with Gasteiger partial charge in [0.25, 0.3) is 0 Å². The minimum Gasteiger partial charge on any atom is -0.353 e. The van der Waals surface area contributed by atoms with Crippen LogP contribution in [0.4, 0.5) is 0 Å². The maximum Gasteiger partial charge on any atom is 0.316 e. The van der Waals surface area contributed by atoms with Gasteiger partial charge in [0.1, 0.15) is 6.54 Å². The molecule has 0 unspecified atom stereocenters. The fourth-order valence-corrected chi connectivity index (χ4v) is 3.31. The number of carbonyl (C=O) groups excluding carboxylic acids is 2. The zero-order chi connectivity index (χ0) is 23.5. The van der Waals surface area contributed by atoms with Crippen molar-refractivity contribution in [2.75, 3.05) is 13.1 Å². The molecule has 2 amide bonds. The number of halogens is 1. The molecular formula is C22H27BrN6O3. The number of aryl methyl sites for hydroxylation is 1. The number of benzene rings is 1. The van der Waals surface area contributed by atoms with Gasteiger partial charge in [0.2, 0.25) is 11.7 Å². The highest BCUT2D eigenvalue weighted by molar-refractivity contribution is 9.10. The lowest BCUT2D eigenvalue weighted by Crippen LogP contribution is -2.36. The minimum atomic E-state index is -0.494. The van der Waals surface area contributed by atoms with Gasteiger partial charge in [-0.05, 0) is 40.8 Å². The second-order valence-electron chi connectivity index (χ2n) is 8.50. The lowest BCUT2D eigenvalue weighted by atomic mass is 9.87. The summed E-state index contributed by atoms with van der Waals surface area (Å²) < 4.78 is 7.60. The predicted octanol–water partition coefficient (Wildman–Crippen LogP) is 3.16. The van der Waals surface area contributed by atoms with Crippen LogP contribution in [0.1, 0.15) is 48.4 Å². The summed E-state index contributed by atoms with van der Waals surface area (Å²) in [5.74, 6) is -0.471. The number of nitrogens with one attached hydrogen (secondary N) is 2. The molecule has 0 radical (unpaired) electrons. The Bertz CT molecular complexity index is 1110. The molecule has 3 rings (SSSR count). The number of nitrogens with zero attached hydrogens (tertiary/aromatic N) is 4. The molecule has 2 N–H and O–H groups in total. The van der Waals surface area contributed by atoms with E-state index in [2.05, 4.69) is 62.6 Å². The van der Waals surface area contributed by atoms with E-state index in [0.29, 0.717) is 5.82 Å². The topological polar surface area (TPSA) is 115 Å². The van der Waals surface area contributed by atoms with Crippen molar-refractivity contribution in [2.24, 2.45) is 0 Å². The summed E-state index contributed by atoms with van der Waals surface area (Å²) in [5, 5.41) is 13.6. The molecule has 0 aliphatic rings. The quantitative estimate of drug-likeness (QED) is 0.479. The molecule has 2 heterocycles. The third-order valence-electron chi connectivity index (χ3n) is 4.95. The summed E-state index contributed by atoms with van der Waals surface area (Å²) in [4.78, 5) is 28.5. The van der Waals surface area contributed by atoms with Crippen molar-refractivity contribution in [1.29, 1.82) is 0 Å². The Labute approximate surface area is 195 Å². The van der Waals surface area contributed by atoms with Crippen LogP contribution in [0.2, 0.25) is 0 Å². The van der Waals surface area contributed by atoms with E-state index in [1.807, 2.05) is 38.1 Å². The van der Waals surface area contributed by atoms with Crippen LogP contribution in [-0.2, 0) is 16.8 Å². The number of rotatable bonds is 7. The van der Waals surface area contributed by atoms with Crippen molar-refractivity contribution in [3.63, 3.8) is 0 Å². The van der Waals surface area contributed by atoms with Crippen molar-refractivity contribution >= 4 is 27.7 Å². The highest BCUT2D eigenvalue weighted by Gasteiger charge is 2.18. The average Bonchev–Trinajstić information content (AvgIpc) is 3.32. The van der Waals surface area contributed by atoms with E-state index >= 15 is 0 Å². The van der Waals surface area contributed by atoms with Crippen LogP contribution in [0.15, 0.2) is 33.3 Å². The van der Waals surface area contributed by atoms with Gasteiger partial charge >= 0.3 is 11.8 Å². The lowest BCUT2D eigenvalue weighted by Gasteiger charge is -2.18. The van der Waals surface area contributed by atoms with E-state index in [-0.39, 0.29) is 36.8 Å². The molecule has 0 saturated carbocycles. The highest BCUT2D eigenvalue weighted by Crippen LogP contribution is 2.25. The van der Waals surface area contributed by atoms with Crippen molar-refractivity contribution in [3.05, 3.63) is 51.6 Å². The Morgan fingerprint density at radius 1 is 1.09 bits per heavy atom. The van der Waals surface area contributed by atoms with Crippen molar-refractivity contribution < 1.29 is 14.1 Å². The molecule has 0 bridgehead atoms. The van der Waals surface area contributed by atoms with E-state index < -0.39 is 5.91 Å². The van der Waals surface area contributed by atoms with Crippen LogP contribution in [0.5, 0.6) is 0 Å². The van der Waals surface area contributed by atoms with Gasteiger partial charge in [0.05, 0.1) is 15.9 Å². The fourth-order valence-electron chi connectivity index (χ4n) is 3.03. The first kappa shape index (κ1) is 23.6. The van der Waals surface area contributed by atoms with Crippen LogP contribution >= 0.6 is 15.9 Å². The lowest BCUT2D eigenvalue weighted by molar-refractivity contribution is -0.121. The van der Waals surface area contributed by atoms with Crippen LogP contribution < -0.4 is 10.6 Å². The zero-order valence-corrected chi connectivity index (χ0v) is 20.4. The van der Waals surface area contributed by atoms with Gasteiger partial charge in [-0.1, -0.05) is 50.2 Å². The Kier molecular flexibility index (Phi) is 7.12. The molecule has 2 aromatic heterocycles. The van der Waals surface area contributed by atoms with Gasteiger partial charge in [-0.3, -0.25) is 14.3 Å². The van der Waals surface area contributed by atoms with Gasteiger partial charge in [-0.15, -0.1) is 0 Å². The summed E-state index contributed by atoms with van der Waals surface area (Å²) in [6.07, 6.45) is 0. The summed E-state index contributed by atoms with van der Waals surface area (Å²) in [6, 6.07) is 7.84. The minimum absolute atomic E-state index is 0.0449. The third-order valence-corrected chi connectivity index (χ3v) is 6.10. The second kappa shape index (κ2) is 9.64. The molecule has 32 heavy (non-hydrogen) atoms.